The van der Waals surface area contributed by atoms with Crippen LogP contribution in [0.5, 0.6) is 17.2 Å². The van der Waals surface area contributed by atoms with Crippen molar-refractivity contribution in [2.45, 2.75) is 13.5 Å². The first-order valence-corrected chi connectivity index (χ1v) is 6.51. The highest BCUT2D eigenvalue weighted by atomic mass is 35.5. The van der Waals surface area contributed by atoms with Crippen molar-refractivity contribution in [1.82, 2.24) is 0 Å². The number of benzene rings is 2. The fraction of sp³-hybridized carbons (Fsp3) is 0.200. The van der Waals surface area contributed by atoms with Gasteiger partial charge in [0.1, 0.15) is 5.75 Å². The zero-order valence-electron chi connectivity index (χ0n) is 10.7. The van der Waals surface area contributed by atoms with Crippen LogP contribution in [0.2, 0.25) is 5.02 Å². The fourth-order valence-electron chi connectivity index (χ4n) is 1.76. The first kappa shape index (κ1) is 13.7. The van der Waals surface area contributed by atoms with Crippen molar-refractivity contribution in [1.29, 1.82) is 0 Å². The Morgan fingerprint density at radius 3 is 2.37 bits per heavy atom. The molecule has 2 N–H and O–H groups in total. The molecule has 0 aliphatic carbocycles. The van der Waals surface area contributed by atoms with E-state index >= 15 is 0 Å². The summed E-state index contributed by atoms with van der Waals surface area (Å²) < 4.78 is 11.4. The second-order valence-corrected chi connectivity index (χ2v) is 4.31. The maximum Gasteiger partial charge on any atom is 0.169 e. The molecule has 0 heterocycles. The summed E-state index contributed by atoms with van der Waals surface area (Å²) in [5.74, 6) is 2.01. The number of ether oxygens (including phenoxy) is 2. The molecule has 0 aliphatic heterocycles. The maximum absolute atomic E-state index is 6.11. The van der Waals surface area contributed by atoms with E-state index in [1.54, 1.807) is 6.07 Å². The summed E-state index contributed by atoms with van der Waals surface area (Å²) in [6.45, 7) is 2.84. The monoisotopic (exact) mass is 277 g/mol. The van der Waals surface area contributed by atoms with Crippen LogP contribution in [0.25, 0.3) is 0 Å². The molecular weight excluding hydrogens is 262 g/mol. The highest BCUT2D eigenvalue weighted by molar-refractivity contribution is 6.31. The van der Waals surface area contributed by atoms with E-state index in [1.165, 1.54) is 0 Å². The van der Waals surface area contributed by atoms with Crippen LogP contribution < -0.4 is 15.2 Å². The molecule has 0 unspecified atom stereocenters. The Labute approximate surface area is 117 Å². The number of para-hydroxylation sites is 2. The zero-order valence-corrected chi connectivity index (χ0v) is 11.5. The molecule has 0 aromatic heterocycles. The Morgan fingerprint density at radius 1 is 1.00 bits per heavy atom. The van der Waals surface area contributed by atoms with Gasteiger partial charge in [0.25, 0.3) is 0 Å². The Hall–Kier alpha value is -1.71. The quantitative estimate of drug-likeness (QED) is 0.899. The van der Waals surface area contributed by atoms with Crippen LogP contribution in [0.1, 0.15) is 12.5 Å². The van der Waals surface area contributed by atoms with E-state index in [-0.39, 0.29) is 0 Å². The van der Waals surface area contributed by atoms with E-state index in [0.29, 0.717) is 35.4 Å². The lowest BCUT2D eigenvalue weighted by atomic mass is 10.2. The molecule has 2 rings (SSSR count). The van der Waals surface area contributed by atoms with Crippen molar-refractivity contribution in [2.24, 2.45) is 5.73 Å². The van der Waals surface area contributed by atoms with Gasteiger partial charge in [0.05, 0.1) is 6.61 Å². The predicted octanol–water partition coefficient (Wildman–Crippen LogP) is 3.99. The van der Waals surface area contributed by atoms with Crippen LogP contribution in [0.4, 0.5) is 0 Å². The van der Waals surface area contributed by atoms with Crippen LogP contribution in [0, 0.1) is 0 Å². The molecule has 0 spiro atoms. The lowest BCUT2D eigenvalue weighted by Gasteiger charge is -2.14. The highest BCUT2D eigenvalue weighted by Crippen LogP contribution is 2.34. The largest absolute Gasteiger partial charge is 0.490 e. The molecule has 0 saturated carbocycles. The normalized spacial score (nSPS) is 10.3. The van der Waals surface area contributed by atoms with Gasteiger partial charge in [-0.05, 0) is 31.2 Å². The van der Waals surface area contributed by atoms with Gasteiger partial charge in [-0.3, -0.25) is 0 Å². The van der Waals surface area contributed by atoms with Gasteiger partial charge < -0.3 is 15.2 Å². The molecule has 0 bridgehead atoms. The summed E-state index contributed by atoms with van der Waals surface area (Å²) in [6, 6.07) is 13.0. The highest BCUT2D eigenvalue weighted by Gasteiger charge is 2.10. The van der Waals surface area contributed by atoms with Gasteiger partial charge in [-0.25, -0.2) is 0 Å². The molecule has 100 valence electrons. The average Bonchev–Trinajstić information content (AvgIpc) is 2.41. The van der Waals surface area contributed by atoms with Gasteiger partial charge in [-0.2, -0.15) is 0 Å². The fourth-order valence-corrected chi connectivity index (χ4v) is 2.00. The SMILES string of the molecule is CCOc1ccccc1Oc1cccc(Cl)c1CN. The topological polar surface area (TPSA) is 44.5 Å². The zero-order chi connectivity index (χ0) is 13.7. The summed E-state index contributed by atoms with van der Waals surface area (Å²) >= 11 is 6.11. The minimum absolute atomic E-state index is 0.325. The van der Waals surface area contributed by atoms with E-state index in [4.69, 9.17) is 26.8 Å². The van der Waals surface area contributed by atoms with Crippen molar-refractivity contribution in [2.75, 3.05) is 6.61 Å². The standard InChI is InChI=1S/C15H16ClNO2/c1-2-18-14-7-3-4-8-15(14)19-13-9-5-6-12(16)11(13)10-17/h3-9H,2,10,17H2,1H3. The van der Waals surface area contributed by atoms with Crippen molar-refractivity contribution < 1.29 is 9.47 Å². The molecule has 0 atom stereocenters. The van der Waals surface area contributed by atoms with Gasteiger partial charge in [-0.1, -0.05) is 29.8 Å². The maximum atomic E-state index is 6.11. The molecule has 3 nitrogen and oxygen atoms in total. The van der Waals surface area contributed by atoms with Gasteiger partial charge in [0.15, 0.2) is 11.5 Å². The summed E-state index contributed by atoms with van der Waals surface area (Å²) in [5, 5.41) is 0.605. The van der Waals surface area contributed by atoms with E-state index < -0.39 is 0 Å². The molecule has 0 amide bonds. The average molecular weight is 278 g/mol. The summed E-state index contributed by atoms with van der Waals surface area (Å²) in [5.41, 5.74) is 6.49. The second-order valence-electron chi connectivity index (χ2n) is 3.90. The third kappa shape index (κ3) is 3.19. The van der Waals surface area contributed by atoms with E-state index in [9.17, 15) is 0 Å². The third-order valence-corrected chi connectivity index (χ3v) is 3.00. The van der Waals surface area contributed by atoms with Crippen LogP contribution in [0.15, 0.2) is 42.5 Å². The van der Waals surface area contributed by atoms with E-state index in [2.05, 4.69) is 0 Å². The first-order chi connectivity index (χ1) is 9.26. The molecular formula is C15H16ClNO2. The van der Waals surface area contributed by atoms with Gasteiger partial charge >= 0.3 is 0 Å². The number of rotatable bonds is 5. The van der Waals surface area contributed by atoms with Crippen LogP contribution in [0.3, 0.4) is 0 Å². The van der Waals surface area contributed by atoms with Gasteiger partial charge in [-0.15, -0.1) is 0 Å². The van der Waals surface area contributed by atoms with Crippen molar-refractivity contribution in [3.05, 3.63) is 53.1 Å². The van der Waals surface area contributed by atoms with E-state index in [0.717, 1.165) is 5.56 Å². The summed E-state index contributed by atoms with van der Waals surface area (Å²) in [6.07, 6.45) is 0. The minimum Gasteiger partial charge on any atom is -0.490 e. The Kier molecular flexibility index (Phi) is 4.66. The first-order valence-electron chi connectivity index (χ1n) is 6.13. The number of hydrogen-bond donors (Lipinski definition) is 1. The lowest BCUT2D eigenvalue weighted by molar-refractivity contribution is 0.321. The molecule has 0 radical (unpaired) electrons. The third-order valence-electron chi connectivity index (χ3n) is 2.65. The van der Waals surface area contributed by atoms with Crippen molar-refractivity contribution in [3.63, 3.8) is 0 Å². The predicted molar refractivity (Wildman–Crippen MR) is 77.0 cm³/mol. The smallest absolute Gasteiger partial charge is 0.169 e. The van der Waals surface area contributed by atoms with Gasteiger partial charge in [0, 0.05) is 17.1 Å². The molecule has 19 heavy (non-hydrogen) atoms. The minimum atomic E-state index is 0.325. The van der Waals surface area contributed by atoms with E-state index in [1.807, 2.05) is 43.3 Å². The Balaban J connectivity index is 2.33. The summed E-state index contributed by atoms with van der Waals surface area (Å²) in [4.78, 5) is 0. The van der Waals surface area contributed by atoms with Crippen LogP contribution >= 0.6 is 11.6 Å². The molecule has 0 aliphatic rings. The van der Waals surface area contributed by atoms with Crippen molar-refractivity contribution >= 4 is 11.6 Å². The molecule has 0 saturated heterocycles. The van der Waals surface area contributed by atoms with Gasteiger partial charge in [0.2, 0.25) is 0 Å². The molecule has 2 aromatic carbocycles. The number of hydrogen-bond acceptors (Lipinski definition) is 3. The second kappa shape index (κ2) is 6.45. The van der Waals surface area contributed by atoms with Crippen LogP contribution in [-0.4, -0.2) is 6.61 Å². The molecule has 0 fully saturated rings. The Morgan fingerprint density at radius 2 is 1.68 bits per heavy atom. The Bertz CT molecular complexity index is 558. The lowest BCUT2D eigenvalue weighted by Crippen LogP contribution is -2.01. The molecule has 2 aromatic rings. The number of nitrogens with two attached hydrogens (primary N) is 1. The van der Waals surface area contributed by atoms with Crippen LogP contribution in [-0.2, 0) is 6.54 Å². The van der Waals surface area contributed by atoms with Crippen molar-refractivity contribution in [3.8, 4) is 17.2 Å². The molecule has 4 heteroatoms. The number of halogens is 1. The summed E-state index contributed by atoms with van der Waals surface area (Å²) in [7, 11) is 0.